The van der Waals surface area contributed by atoms with Crippen LogP contribution in [0.3, 0.4) is 0 Å². The smallest absolute Gasteiger partial charge is 0.268 e. The molecular weight excluding hydrogens is 342 g/mol. The largest absolute Gasteiger partial charge is 0.370 e. The summed E-state index contributed by atoms with van der Waals surface area (Å²) in [6, 6.07) is 2.19. The Balaban J connectivity index is 2.06. The molecule has 140 valence electrons. The molecule has 0 spiro atoms. The predicted octanol–water partition coefficient (Wildman–Crippen LogP) is 2.65. The minimum Gasteiger partial charge on any atom is -0.370 e. The van der Waals surface area contributed by atoms with Gasteiger partial charge in [-0.2, -0.15) is 5.26 Å². The zero-order valence-electron chi connectivity index (χ0n) is 14.9. The van der Waals surface area contributed by atoms with E-state index in [1.54, 1.807) is 18.3 Å². The van der Waals surface area contributed by atoms with Crippen LogP contribution in [0.25, 0.3) is 0 Å². The molecule has 0 saturated carbocycles. The summed E-state index contributed by atoms with van der Waals surface area (Å²) in [6.07, 6.45) is 2.16. The van der Waals surface area contributed by atoms with Crippen LogP contribution >= 0.6 is 0 Å². The zero-order valence-corrected chi connectivity index (χ0v) is 14.9. The highest BCUT2D eigenvalue weighted by Crippen LogP contribution is 2.32. The number of aromatic nitrogens is 1. The number of nitrogens with zero attached hydrogens (tertiary/aromatic N) is 4. The summed E-state index contributed by atoms with van der Waals surface area (Å²) in [7, 11) is 0. The number of hydrogen-bond donors (Lipinski definition) is 0. The lowest BCUT2D eigenvalue weighted by Gasteiger charge is -2.23. The first-order chi connectivity index (χ1) is 12.3. The van der Waals surface area contributed by atoms with E-state index in [1.165, 1.54) is 6.20 Å². The second-order valence-corrected chi connectivity index (χ2v) is 6.21. The summed E-state index contributed by atoms with van der Waals surface area (Å²) >= 11 is 0. The quantitative estimate of drug-likeness (QED) is 0.695. The van der Waals surface area contributed by atoms with Crippen LogP contribution in [0.5, 0.6) is 0 Å². The lowest BCUT2D eigenvalue weighted by atomic mass is 10.0. The fourth-order valence-electron chi connectivity index (χ4n) is 3.13. The molecule has 0 aliphatic carbocycles. The molecule has 1 aromatic heterocycles. The summed E-state index contributed by atoms with van der Waals surface area (Å²) in [5.74, 6) is -3.90. The van der Waals surface area contributed by atoms with Gasteiger partial charge in [-0.25, -0.2) is 8.78 Å². The first-order valence-electron chi connectivity index (χ1n) is 8.62. The van der Waals surface area contributed by atoms with Crippen molar-refractivity contribution in [2.75, 3.05) is 24.5 Å². The fourth-order valence-corrected chi connectivity index (χ4v) is 3.13. The summed E-state index contributed by atoms with van der Waals surface area (Å²) in [6.45, 7) is 4.56. The van der Waals surface area contributed by atoms with Gasteiger partial charge in [-0.1, -0.05) is 0 Å². The topological polar surface area (TPSA) is 77.3 Å². The van der Waals surface area contributed by atoms with Crippen LogP contribution in [0.4, 0.5) is 14.5 Å². The molecule has 2 heterocycles. The first-order valence-corrected chi connectivity index (χ1v) is 8.62. The van der Waals surface area contributed by atoms with Gasteiger partial charge in [-0.15, -0.1) is 0 Å². The lowest BCUT2D eigenvalue weighted by molar-refractivity contribution is -0.132. The Kier molecular flexibility index (Phi) is 6.24. The zero-order chi connectivity index (χ0) is 19.3. The Morgan fingerprint density at radius 3 is 2.69 bits per heavy atom. The molecule has 1 aliphatic rings. The van der Waals surface area contributed by atoms with E-state index in [0.29, 0.717) is 24.3 Å². The number of carbonyl (C=O) groups is 2. The van der Waals surface area contributed by atoms with Crippen LogP contribution in [-0.4, -0.2) is 53.2 Å². The maximum absolute atomic E-state index is 13.5. The van der Waals surface area contributed by atoms with E-state index in [4.69, 9.17) is 5.26 Å². The molecular formula is C18H22F2N4O2. The van der Waals surface area contributed by atoms with Gasteiger partial charge in [0, 0.05) is 44.1 Å². The average Bonchev–Trinajstić information content (AvgIpc) is 2.96. The van der Waals surface area contributed by atoms with Crippen molar-refractivity contribution in [2.24, 2.45) is 0 Å². The Bertz CT molecular complexity index is 713. The molecule has 0 bridgehead atoms. The van der Waals surface area contributed by atoms with Gasteiger partial charge in [0.05, 0.1) is 24.5 Å². The van der Waals surface area contributed by atoms with Crippen molar-refractivity contribution in [3.05, 3.63) is 24.0 Å². The molecule has 1 aliphatic heterocycles. The Morgan fingerprint density at radius 2 is 2.08 bits per heavy atom. The molecule has 0 aromatic carbocycles. The number of halogens is 2. The number of ketones is 1. The van der Waals surface area contributed by atoms with Gasteiger partial charge < -0.3 is 9.80 Å². The van der Waals surface area contributed by atoms with Gasteiger partial charge in [0.15, 0.2) is 5.78 Å². The Hall–Kier alpha value is -2.56. The van der Waals surface area contributed by atoms with Crippen LogP contribution in [-0.2, 0) is 4.79 Å². The van der Waals surface area contributed by atoms with E-state index < -0.39 is 30.8 Å². The minimum absolute atomic E-state index is 0.0999. The summed E-state index contributed by atoms with van der Waals surface area (Å²) in [4.78, 5) is 31.7. The second-order valence-electron chi connectivity index (χ2n) is 6.21. The number of likely N-dealkylation sites (tertiary alicyclic amines) is 1. The molecule has 0 unspecified atom stereocenters. The number of anilines is 1. The van der Waals surface area contributed by atoms with Gasteiger partial charge >= 0.3 is 0 Å². The molecule has 2 rings (SSSR count). The van der Waals surface area contributed by atoms with Gasteiger partial charge in [0.1, 0.15) is 6.04 Å². The van der Waals surface area contributed by atoms with Crippen LogP contribution in [0.15, 0.2) is 18.5 Å². The van der Waals surface area contributed by atoms with Crippen LogP contribution in [0, 0.1) is 11.3 Å². The molecule has 1 saturated heterocycles. The molecule has 1 amide bonds. The van der Waals surface area contributed by atoms with Crippen LogP contribution in [0.2, 0.25) is 0 Å². The third-order valence-corrected chi connectivity index (χ3v) is 4.51. The van der Waals surface area contributed by atoms with Gasteiger partial charge in [0.2, 0.25) is 5.91 Å². The molecule has 0 radical (unpaired) electrons. The van der Waals surface area contributed by atoms with Gasteiger partial charge in [-0.3, -0.25) is 14.6 Å². The highest BCUT2D eigenvalue weighted by Gasteiger charge is 2.47. The number of nitriles is 1. The van der Waals surface area contributed by atoms with E-state index >= 15 is 0 Å². The fraction of sp³-hybridized carbons (Fsp3) is 0.556. The molecule has 1 aromatic rings. The van der Waals surface area contributed by atoms with E-state index in [0.717, 1.165) is 4.90 Å². The maximum Gasteiger partial charge on any atom is 0.268 e. The molecule has 8 heteroatoms. The number of alkyl halides is 2. The number of hydrogen-bond acceptors (Lipinski definition) is 5. The molecule has 26 heavy (non-hydrogen) atoms. The van der Waals surface area contributed by atoms with Crippen LogP contribution in [0.1, 0.15) is 43.5 Å². The molecule has 6 nitrogen and oxygen atoms in total. The van der Waals surface area contributed by atoms with E-state index in [1.807, 2.05) is 18.7 Å². The van der Waals surface area contributed by atoms with E-state index in [9.17, 15) is 18.4 Å². The van der Waals surface area contributed by atoms with Crippen molar-refractivity contribution in [3.8, 4) is 6.07 Å². The number of Topliss-reactive ketones (excluding diaryl/α,β-unsaturated/α-hetero) is 1. The van der Waals surface area contributed by atoms with Crippen molar-refractivity contribution in [2.45, 2.75) is 45.1 Å². The van der Waals surface area contributed by atoms with Crippen molar-refractivity contribution in [1.29, 1.82) is 5.26 Å². The maximum atomic E-state index is 13.5. The standard InChI is InChI=1S/C18H22F2N4O2/c1-3-23(4-2)15-11-22-8-7-14(15)16(25)5-6-17(26)24-12-18(19,20)9-13(24)10-21/h7-8,11,13H,3-6,9,12H2,1-2H3/t13-/m0/s1. The highest BCUT2D eigenvalue weighted by molar-refractivity contribution is 6.02. The third-order valence-electron chi connectivity index (χ3n) is 4.51. The highest BCUT2D eigenvalue weighted by atomic mass is 19.3. The van der Waals surface area contributed by atoms with Crippen LogP contribution < -0.4 is 4.90 Å². The summed E-state index contributed by atoms with van der Waals surface area (Å²) in [5, 5.41) is 8.97. The molecule has 0 N–H and O–H groups in total. The van der Waals surface area contributed by atoms with Crippen molar-refractivity contribution >= 4 is 17.4 Å². The second kappa shape index (κ2) is 8.21. The summed E-state index contributed by atoms with van der Waals surface area (Å²) in [5.41, 5.74) is 1.15. The Labute approximate surface area is 151 Å². The normalized spacial score (nSPS) is 18.4. The predicted molar refractivity (Wildman–Crippen MR) is 92.0 cm³/mol. The number of carbonyl (C=O) groups excluding carboxylic acids is 2. The summed E-state index contributed by atoms with van der Waals surface area (Å²) < 4.78 is 26.9. The molecule has 1 atom stereocenters. The van der Waals surface area contributed by atoms with Gasteiger partial charge in [0.25, 0.3) is 5.92 Å². The number of pyridine rings is 1. The third kappa shape index (κ3) is 4.34. The van der Waals surface area contributed by atoms with Crippen molar-refractivity contribution in [1.82, 2.24) is 9.88 Å². The monoisotopic (exact) mass is 364 g/mol. The van der Waals surface area contributed by atoms with E-state index in [2.05, 4.69) is 4.98 Å². The lowest BCUT2D eigenvalue weighted by Crippen LogP contribution is -2.36. The first kappa shape index (κ1) is 19.8. The van der Waals surface area contributed by atoms with Crippen molar-refractivity contribution in [3.63, 3.8) is 0 Å². The number of amides is 1. The van der Waals surface area contributed by atoms with Gasteiger partial charge in [-0.05, 0) is 19.9 Å². The minimum atomic E-state index is -3.05. The van der Waals surface area contributed by atoms with Crippen molar-refractivity contribution < 1.29 is 18.4 Å². The number of rotatable bonds is 7. The van der Waals surface area contributed by atoms with E-state index in [-0.39, 0.29) is 18.6 Å². The molecule has 1 fully saturated rings. The average molecular weight is 364 g/mol. The Morgan fingerprint density at radius 1 is 1.38 bits per heavy atom. The SMILES string of the molecule is CCN(CC)c1cnccc1C(=O)CCC(=O)N1CC(F)(F)C[C@H]1C#N.